The zero-order chi connectivity index (χ0) is 14.2. The van der Waals surface area contributed by atoms with Crippen LogP contribution in [0.1, 0.15) is 35.4 Å². The molecule has 7 nitrogen and oxygen atoms in total. The third-order valence-corrected chi connectivity index (χ3v) is 3.56. The first kappa shape index (κ1) is 13.4. The molecule has 19 heavy (non-hydrogen) atoms. The van der Waals surface area contributed by atoms with E-state index in [1.165, 1.54) is 9.58 Å². The third-order valence-electron chi connectivity index (χ3n) is 3.56. The maximum Gasteiger partial charge on any atom is 0.274 e. The summed E-state index contributed by atoms with van der Waals surface area (Å²) in [4.78, 5) is 25.5. The van der Waals surface area contributed by atoms with E-state index in [9.17, 15) is 9.59 Å². The number of nitrogens with zero attached hydrogens (tertiary/aromatic N) is 3. The van der Waals surface area contributed by atoms with Gasteiger partial charge in [-0.15, -0.1) is 0 Å². The lowest BCUT2D eigenvalue weighted by molar-refractivity contribution is -0.123. The van der Waals surface area contributed by atoms with Crippen LogP contribution in [0.3, 0.4) is 0 Å². The molecule has 2 heterocycles. The third kappa shape index (κ3) is 2.27. The number of anilines is 1. The molecule has 1 fully saturated rings. The number of amides is 2. The van der Waals surface area contributed by atoms with Crippen LogP contribution in [0.5, 0.6) is 0 Å². The molecule has 1 saturated heterocycles. The number of aryl methyl sites for hydroxylation is 2. The minimum Gasteiger partial charge on any atom is -0.395 e. The summed E-state index contributed by atoms with van der Waals surface area (Å²) in [6.45, 7) is 2.27. The summed E-state index contributed by atoms with van der Waals surface area (Å²) in [6.07, 6.45) is 2.38. The van der Waals surface area contributed by atoms with Gasteiger partial charge in [0.15, 0.2) is 0 Å². The van der Waals surface area contributed by atoms with E-state index < -0.39 is 11.9 Å². The number of carbonyl (C=O) groups is 2. The molecule has 0 spiro atoms. The minimum absolute atomic E-state index is 0.274. The Balaban J connectivity index is 2.34. The van der Waals surface area contributed by atoms with Gasteiger partial charge in [-0.05, 0) is 26.2 Å². The van der Waals surface area contributed by atoms with E-state index in [-0.39, 0.29) is 5.91 Å². The van der Waals surface area contributed by atoms with Crippen molar-refractivity contribution in [2.45, 2.75) is 32.2 Å². The van der Waals surface area contributed by atoms with Gasteiger partial charge >= 0.3 is 0 Å². The van der Waals surface area contributed by atoms with E-state index in [1.54, 1.807) is 14.0 Å². The molecule has 0 aliphatic carbocycles. The first-order valence-corrected chi connectivity index (χ1v) is 6.32. The number of carbonyl (C=O) groups excluding carboxylic acids is 2. The fourth-order valence-electron chi connectivity index (χ4n) is 2.53. The molecular weight excluding hydrogens is 246 g/mol. The number of hydrogen-bond donors (Lipinski definition) is 2. The van der Waals surface area contributed by atoms with Gasteiger partial charge < -0.3 is 16.4 Å². The number of nitrogens with two attached hydrogens (primary N) is 2. The van der Waals surface area contributed by atoms with Crippen LogP contribution in [0.2, 0.25) is 0 Å². The fourth-order valence-corrected chi connectivity index (χ4v) is 2.53. The van der Waals surface area contributed by atoms with E-state index in [4.69, 9.17) is 11.5 Å². The van der Waals surface area contributed by atoms with Gasteiger partial charge in [0, 0.05) is 13.6 Å². The summed E-state index contributed by atoms with van der Waals surface area (Å²) in [5.74, 6) is -0.741. The highest BCUT2D eigenvalue weighted by Gasteiger charge is 2.33. The Hall–Kier alpha value is -2.05. The summed E-state index contributed by atoms with van der Waals surface area (Å²) < 4.78 is 1.46. The fraction of sp³-hybridized carbons (Fsp3) is 0.583. The van der Waals surface area contributed by atoms with Crippen molar-refractivity contribution in [1.82, 2.24) is 14.7 Å². The average Bonchev–Trinajstić information content (AvgIpc) is 2.62. The lowest BCUT2D eigenvalue weighted by Crippen LogP contribution is -2.50. The van der Waals surface area contributed by atoms with Crippen molar-refractivity contribution in [2.24, 2.45) is 12.8 Å². The topological polar surface area (TPSA) is 107 Å². The molecule has 1 aliphatic heterocycles. The van der Waals surface area contributed by atoms with Crippen molar-refractivity contribution in [3.05, 3.63) is 11.4 Å². The van der Waals surface area contributed by atoms with Crippen LogP contribution in [0.15, 0.2) is 0 Å². The van der Waals surface area contributed by atoms with Crippen LogP contribution in [0, 0.1) is 6.92 Å². The zero-order valence-corrected chi connectivity index (χ0v) is 11.2. The lowest BCUT2D eigenvalue weighted by atomic mass is 10.0. The Kier molecular flexibility index (Phi) is 3.46. The summed E-state index contributed by atoms with van der Waals surface area (Å²) in [6, 6.07) is -0.546. The van der Waals surface area contributed by atoms with E-state index in [0.29, 0.717) is 30.0 Å². The normalized spacial score (nSPS) is 19.5. The van der Waals surface area contributed by atoms with Gasteiger partial charge in [0.25, 0.3) is 5.91 Å². The molecule has 0 radical (unpaired) electrons. The second kappa shape index (κ2) is 4.91. The van der Waals surface area contributed by atoms with Crippen molar-refractivity contribution >= 4 is 17.5 Å². The molecule has 2 amide bonds. The Bertz CT molecular complexity index is 522. The molecule has 104 valence electrons. The van der Waals surface area contributed by atoms with Crippen molar-refractivity contribution < 1.29 is 9.59 Å². The summed E-state index contributed by atoms with van der Waals surface area (Å²) in [5.41, 5.74) is 12.6. The number of hydrogen-bond acceptors (Lipinski definition) is 4. The van der Waals surface area contributed by atoms with Crippen molar-refractivity contribution in [1.29, 1.82) is 0 Å². The molecule has 1 unspecified atom stereocenters. The zero-order valence-electron chi connectivity index (χ0n) is 11.2. The van der Waals surface area contributed by atoms with Crippen LogP contribution < -0.4 is 11.5 Å². The van der Waals surface area contributed by atoms with Gasteiger partial charge in [-0.2, -0.15) is 5.10 Å². The van der Waals surface area contributed by atoms with Gasteiger partial charge in [0.2, 0.25) is 5.91 Å². The largest absolute Gasteiger partial charge is 0.395 e. The predicted molar refractivity (Wildman–Crippen MR) is 70.2 cm³/mol. The van der Waals surface area contributed by atoms with Crippen LogP contribution in [0.4, 0.5) is 5.69 Å². The Labute approximate surface area is 111 Å². The summed E-state index contributed by atoms with van der Waals surface area (Å²) >= 11 is 0. The highest BCUT2D eigenvalue weighted by atomic mass is 16.2. The van der Waals surface area contributed by atoms with Crippen molar-refractivity contribution in [3.8, 4) is 0 Å². The monoisotopic (exact) mass is 265 g/mol. The minimum atomic E-state index is -0.546. The van der Waals surface area contributed by atoms with Gasteiger partial charge in [-0.1, -0.05) is 0 Å². The molecule has 2 rings (SSSR count). The van der Waals surface area contributed by atoms with E-state index in [1.807, 2.05) is 0 Å². The quantitative estimate of drug-likeness (QED) is 0.771. The molecule has 0 saturated carbocycles. The lowest BCUT2D eigenvalue weighted by Gasteiger charge is -2.33. The summed E-state index contributed by atoms with van der Waals surface area (Å²) in [7, 11) is 1.67. The Morgan fingerprint density at radius 2 is 2.05 bits per heavy atom. The first-order chi connectivity index (χ1) is 8.93. The second-order valence-electron chi connectivity index (χ2n) is 4.88. The highest BCUT2D eigenvalue weighted by Crippen LogP contribution is 2.23. The van der Waals surface area contributed by atoms with Crippen molar-refractivity contribution in [2.75, 3.05) is 12.3 Å². The maximum absolute atomic E-state index is 12.5. The van der Waals surface area contributed by atoms with Gasteiger partial charge in [0.1, 0.15) is 11.7 Å². The van der Waals surface area contributed by atoms with Gasteiger partial charge in [0.05, 0.1) is 11.4 Å². The van der Waals surface area contributed by atoms with Gasteiger partial charge in [-0.25, -0.2) is 0 Å². The molecular formula is C12H19N5O2. The molecule has 1 aliphatic rings. The molecule has 1 atom stereocenters. The number of aromatic nitrogens is 2. The second-order valence-corrected chi connectivity index (χ2v) is 4.88. The number of primary amides is 1. The number of piperidine rings is 1. The Morgan fingerprint density at radius 3 is 2.58 bits per heavy atom. The molecule has 0 aromatic carbocycles. The van der Waals surface area contributed by atoms with E-state index in [0.717, 1.165) is 12.8 Å². The van der Waals surface area contributed by atoms with Crippen LogP contribution in [0.25, 0.3) is 0 Å². The summed E-state index contributed by atoms with van der Waals surface area (Å²) in [5, 5.41) is 4.12. The molecule has 1 aromatic heterocycles. The number of nitrogen functional groups attached to an aromatic ring is 1. The highest BCUT2D eigenvalue weighted by molar-refractivity contribution is 6.00. The van der Waals surface area contributed by atoms with Crippen LogP contribution in [-0.2, 0) is 11.8 Å². The smallest absolute Gasteiger partial charge is 0.274 e. The predicted octanol–water partition coefficient (Wildman–Crippen LogP) is -0.209. The van der Waals surface area contributed by atoms with Crippen LogP contribution >= 0.6 is 0 Å². The number of likely N-dealkylation sites (tertiary alicyclic amines) is 1. The molecule has 7 heteroatoms. The van der Waals surface area contributed by atoms with Gasteiger partial charge in [-0.3, -0.25) is 14.3 Å². The Morgan fingerprint density at radius 1 is 1.37 bits per heavy atom. The van der Waals surface area contributed by atoms with E-state index >= 15 is 0 Å². The average molecular weight is 265 g/mol. The first-order valence-electron chi connectivity index (χ1n) is 6.32. The SMILES string of the molecule is Cc1nn(C)c(C(=O)N2CCCCC2C(N)=O)c1N. The van der Waals surface area contributed by atoms with Crippen LogP contribution in [-0.4, -0.2) is 39.1 Å². The molecule has 0 bridgehead atoms. The number of rotatable bonds is 2. The molecule has 4 N–H and O–H groups in total. The molecule has 1 aromatic rings. The van der Waals surface area contributed by atoms with E-state index in [2.05, 4.69) is 5.10 Å². The standard InChI is InChI=1S/C12H19N5O2/c1-7-9(13)10(16(2)15-7)12(19)17-6-4-3-5-8(17)11(14)18/h8H,3-6,13H2,1-2H3,(H2,14,18). The van der Waals surface area contributed by atoms with Crippen molar-refractivity contribution in [3.63, 3.8) is 0 Å². The maximum atomic E-state index is 12.5.